The molecule has 0 fully saturated rings. The molecule has 0 aliphatic carbocycles. The van der Waals surface area contributed by atoms with Gasteiger partial charge in [0.15, 0.2) is 0 Å². The van der Waals surface area contributed by atoms with E-state index in [4.69, 9.17) is 27.9 Å². The number of nitrogens with one attached hydrogen (secondary N) is 2. The van der Waals surface area contributed by atoms with Crippen molar-refractivity contribution >= 4 is 46.4 Å². The van der Waals surface area contributed by atoms with E-state index in [0.717, 1.165) is 6.07 Å². The zero-order valence-electron chi connectivity index (χ0n) is 15.4. The number of rotatable bonds is 8. The number of ether oxygens (including phenoxy) is 1. The Morgan fingerprint density at radius 2 is 1.68 bits per heavy atom. The van der Waals surface area contributed by atoms with Crippen LogP contribution >= 0.6 is 23.2 Å². The molecule has 0 atom stereocenters. The second kappa shape index (κ2) is 10.3. The number of anilines is 2. The van der Waals surface area contributed by atoms with Crippen LogP contribution in [0.15, 0.2) is 36.4 Å². The molecule has 0 unspecified atom stereocenters. The molecule has 0 bridgehead atoms. The lowest BCUT2D eigenvalue weighted by molar-refractivity contribution is -0.119. The van der Waals surface area contributed by atoms with Crippen molar-refractivity contribution in [3.63, 3.8) is 0 Å². The second-order valence-electron chi connectivity index (χ2n) is 6.05. The van der Waals surface area contributed by atoms with Crippen LogP contribution < -0.4 is 15.4 Å². The van der Waals surface area contributed by atoms with Crippen LogP contribution in [0.5, 0.6) is 5.75 Å². The summed E-state index contributed by atoms with van der Waals surface area (Å²) >= 11 is 11.6. The normalized spacial score (nSPS) is 10.6. The summed E-state index contributed by atoms with van der Waals surface area (Å²) in [6.07, 6.45) is 0.0896. The lowest BCUT2D eigenvalue weighted by atomic mass is 10.2. The molecule has 0 saturated heterocycles. The molecular formula is C19H20Cl2FN3O3. The molecule has 6 nitrogen and oxygen atoms in total. The minimum Gasteiger partial charge on any atom is -0.495 e. The maximum Gasteiger partial charge on any atom is 0.238 e. The molecule has 150 valence electrons. The van der Waals surface area contributed by atoms with Crippen LogP contribution in [0.4, 0.5) is 15.8 Å². The first-order chi connectivity index (χ1) is 13.3. The van der Waals surface area contributed by atoms with E-state index in [9.17, 15) is 14.0 Å². The number of benzene rings is 2. The predicted molar refractivity (Wildman–Crippen MR) is 109 cm³/mol. The summed E-state index contributed by atoms with van der Waals surface area (Å²) in [6.45, 7) is 0.361. The van der Waals surface area contributed by atoms with Gasteiger partial charge in [0.1, 0.15) is 11.6 Å². The molecule has 2 aromatic carbocycles. The van der Waals surface area contributed by atoms with Gasteiger partial charge in [0.05, 0.1) is 25.0 Å². The van der Waals surface area contributed by atoms with Gasteiger partial charge in [0.25, 0.3) is 0 Å². The third kappa shape index (κ3) is 6.67. The molecule has 2 rings (SSSR count). The third-order valence-electron chi connectivity index (χ3n) is 3.77. The monoisotopic (exact) mass is 427 g/mol. The van der Waals surface area contributed by atoms with E-state index in [1.165, 1.54) is 19.2 Å². The highest BCUT2D eigenvalue weighted by Gasteiger charge is 2.13. The predicted octanol–water partition coefficient (Wildman–Crippen LogP) is 4.04. The number of hydrogen-bond donors (Lipinski definition) is 2. The van der Waals surface area contributed by atoms with Crippen LogP contribution in [-0.4, -0.2) is 44.0 Å². The standard InChI is InChI=1S/C19H20Cl2FN3O3/c1-25(8-7-18(26)23-15-5-3-12(20)9-14(15)22)11-19(27)24-16-10-13(21)4-6-17(16)28-2/h3-6,9-10H,7-8,11H2,1-2H3,(H,23,26)(H,24,27). The minimum absolute atomic E-state index is 0.0538. The molecule has 0 spiro atoms. The largest absolute Gasteiger partial charge is 0.495 e. The highest BCUT2D eigenvalue weighted by atomic mass is 35.5. The fourth-order valence-electron chi connectivity index (χ4n) is 2.39. The number of methoxy groups -OCH3 is 1. The van der Waals surface area contributed by atoms with Crippen molar-refractivity contribution in [2.45, 2.75) is 6.42 Å². The number of amides is 2. The molecule has 9 heteroatoms. The number of halogens is 3. The maximum atomic E-state index is 13.7. The topological polar surface area (TPSA) is 70.7 Å². The third-order valence-corrected chi connectivity index (χ3v) is 4.25. The molecule has 28 heavy (non-hydrogen) atoms. The van der Waals surface area contributed by atoms with Crippen LogP contribution in [0.25, 0.3) is 0 Å². The fraction of sp³-hybridized carbons (Fsp3) is 0.263. The summed E-state index contributed by atoms with van der Waals surface area (Å²) in [7, 11) is 3.19. The number of hydrogen-bond acceptors (Lipinski definition) is 4. The Morgan fingerprint density at radius 3 is 2.36 bits per heavy atom. The van der Waals surface area contributed by atoms with Gasteiger partial charge in [-0.25, -0.2) is 4.39 Å². The van der Waals surface area contributed by atoms with E-state index in [2.05, 4.69) is 10.6 Å². The van der Waals surface area contributed by atoms with E-state index >= 15 is 0 Å². The second-order valence-corrected chi connectivity index (χ2v) is 6.93. The molecule has 2 aromatic rings. The van der Waals surface area contributed by atoms with Crippen molar-refractivity contribution in [3.8, 4) is 5.75 Å². The zero-order chi connectivity index (χ0) is 20.7. The van der Waals surface area contributed by atoms with Crippen molar-refractivity contribution in [2.75, 3.05) is 37.9 Å². The van der Waals surface area contributed by atoms with E-state index in [1.54, 1.807) is 30.1 Å². The lowest BCUT2D eigenvalue weighted by Crippen LogP contribution is -2.32. The first-order valence-electron chi connectivity index (χ1n) is 8.35. The molecule has 0 aliphatic rings. The summed E-state index contributed by atoms with van der Waals surface area (Å²) < 4.78 is 18.9. The zero-order valence-corrected chi connectivity index (χ0v) is 16.9. The molecule has 0 aromatic heterocycles. The minimum atomic E-state index is -0.607. The SMILES string of the molecule is COc1ccc(Cl)cc1NC(=O)CN(C)CCC(=O)Nc1ccc(Cl)cc1F. The Labute approximate surface area is 172 Å². The Morgan fingerprint density at radius 1 is 1.04 bits per heavy atom. The smallest absolute Gasteiger partial charge is 0.238 e. The van der Waals surface area contributed by atoms with Gasteiger partial charge < -0.3 is 15.4 Å². The summed E-state index contributed by atoms with van der Waals surface area (Å²) in [5.41, 5.74) is 0.521. The number of carbonyl (C=O) groups is 2. The van der Waals surface area contributed by atoms with Gasteiger partial charge in [-0.1, -0.05) is 23.2 Å². The first kappa shape index (κ1) is 21.9. The maximum absolute atomic E-state index is 13.7. The van der Waals surface area contributed by atoms with Crippen LogP contribution in [0.2, 0.25) is 10.0 Å². The summed E-state index contributed by atoms with van der Waals surface area (Å²) in [5.74, 6) is -0.772. The first-order valence-corrected chi connectivity index (χ1v) is 9.11. The Kier molecular flexibility index (Phi) is 8.04. The number of likely N-dealkylation sites (N-methyl/N-ethyl adjacent to an activating group) is 1. The number of carbonyl (C=O) groups excluding carboxylic acids is 2. The average molecular weight is 428 g/mol. The lowest BCUT2D eigenvalue weighted by Gasteiger charge is -2.17. The summed E-state index contributed by atoms with van der Waals surface area (Å²) in [5, 5.41) is 5.91. The van der Waals surface area contributed by atoms with Gasteiger partial charge in [-0.15, -0.1) is 0 Å². The van der Waals surface area contributed by atoms with Gasteiger partial charge in [0.2, 0.25) is 11.8 Å². The molecular weight excluding hydrogens is 408 g/mol. The Balaban J connectivity index is 1.81. The summed E-state index contributed by atoms with van der Waals surface area (Å²) in [6, 6.07) is 8.91. The van der Waals surface area contributed by atoms with Crippen molar-refractivity contribution in [2.24, 2.45) is 0 Å². The van der Waals surface area contributed by atoms with Crippen LogP contribution in [0.1, 0.15) is 6.42 Å². The van der Waals surface area contributed by atoms with Gasteiger partial charge in [-0.2, -0.15) is 0 Å². The highest BCUT2D eigenvalue weighted by molar-refractivity contribution is 6.31. The van der Waals surface area contributed by atoms with Crippen molar-refractivity contribution < 1.29 is 18.7 Å². The quantitative estimate of drug-likeness (QED) is 0.666. The molecule has 2 amide bonds. The summed E-state index contributed by atoms with van der Waals surface area (Å²) in [4.78, 5) is 25.9. The van der Waals surface area contributed by atoms with Crippen molar-refractivity contribution in [1.82, 2.24) is 4.90 Å². The molecule has 0 aliphatic heterocycles. The van der Waals surface area contributed by atoms with E-state index in [-0.39, 0.29) is 35.5 Å². The van der Waals surface area contributed by atoms with E-state index < -0.39 is 5.82 Å². The van der Waals surface area contributed by atoms with Crippen molar-refractivity contribution in [1.29, 1.82) is 0 Å². The highest BCUT2D eigenvalue weighted by Crippen LogP contribution is 2.27. The number of nitrogens with zero attached hydrogens (tertiary/aromatic N) is 1. The van der Waals surface area contributed by atoms with E-state index in [1.807, 2.05) is 0 Å². The van der Waals surface area contributed by atoms with Gasteiger partial charge in [0, 0.05) is 23.0 Å². The van der Waals surface area contributed by atoms with Crippen LogP contribution in [0.3, 0.4) is 0 Å². The average Bonchev–Trinajstić information content (AvgIpc) is 2.62. The molecule has 0 heterocycles. The Bertz CT molecular complexity index is 864. The van der Waals surface area contributed by atoms with Gasteiger partial charge >= 0.3 is 0 Å². The molecule has 0 saturated carbocycles. The molecule has 2 N–H and O–H groups in total. The Hall–Kier alpha value is -2.35. The van der Waals surface area contributed by atoms with Crippen LogP contribution in [-0.2, 0) is 9.59 Å². The molecule has 0 radical (unpaired) electrons. The fourth-order valence-corrected chi connectivity index (χ4v) is 2.72. The van der Waals surface area contributed by atoms with E-state index in [0.29, 0.717) is 23.0 Å². The van der Waals surface area contributed by atoms with Crippen LogP contribution in [0, 0.1) is 5.82 Å². The van der Waals surface area contributed by atoms with Gasteiger partial charge in [-0.3, -0.25) is 14.5 Å². The van der Waals surface area contributed by atoms with Crippen molar-refractivity contribution in [3.05, 3.63) is 52.3 Å². The van der Waals surface area contributed by atoms with Gasteiger partial charge in [-0.05, 0) is 43.4 Å².